The van der Waals surface area contributed by atoms with E-state index in [0.717, 1.165) is 6.42 Å². The van der Waals surface area contributed by atoms with Gasteiger partial charge in [-0.3, -0.25) is 0 Å². The third kappa shape index (κ3) is 4.93. The van der Waals surface area contributed by atoms with Crippen LogP contribution in [-0.4, -0.2) is 28.7 Å². The van der Waals surface area contributed by atoms with Gasteiger partial charge < -0.3 is 15.2 Å². The number of rotatable bonds is 6. The summed E-state index contributed by atoms with van der Waals surface area (Å²) in [5, 5.41) is 0. The maximum Gasteiger partial charge on any atom is 0.319 e. The van der Waals surface area contributed by atoms with Crippen molar-refractivity contribution in [2.75, 3.05) is 13.2 Å². The van der Waals surface area contributed by atoms with Gasteiger partial charge in [0.15, 0.2) is 0 Å². The molecule has 1 rings (SSSR count). The maximum absolute atomic E-state index is 5.79. The zero-order chi connectivity index (χ0) is 12.0. The summed E-state index contributed by atoms with van der Waals surface area (Å²) >= 11 is 0. The number of ether oxygens (including phenoxy) is 2. The van der Waals surface area contributed by atoms with Crippen LogP contribution in [0, 0.1) is 0 Å². The van der Waals surface area contributed by atoms with Gasteiger partial charge >= 0.3 is 6.01 Å². The van der Waals surface area contributed by atoms with Crippen molar-refractivity contribution in [3.05, 3.63) is 12.3 Å². The lowest BCUT2D eigenvalue weighted by molar-refractivity contribution is 0.220. The molecule has 0 saturated heterocycles. The topological polar surface area (TPSA) is 70.3 Å². The van der Waals surface area contributed by atoms with Gasteiger partial charge in [0, 0.05) is 17.8 Å². The summed E-state index contributed by atoms with van der Waals surface area (Å²) in [5.41, 5.74) is 5.39. The lowest BCUT2D eigenvalue weighted by atomic mass is 10.1. The first-order valence-electron chi connectivity index (χ1n) is 5.39. The molecule has 0 amide bonds. The average molecular weight is 225 g/mol. The fourth-order valence-corrected chi connectivity index (χ4v) is 0.932. The fraction of sp³-hybridized carbons (Fsp3) is 0.636. The van der Waals surface area contributed by atoms with Crippen LogP contribution in [0.3, 0.4) is 0 Å². The van der Waals surface area contributed by atoms with Crippen LogP contribution in [-0.2, 0) is 0 Å². The predicted octanol–water partition coefficient (Wildman–Crippen LogP) is 1.38. The summed E-state index contributed by atoms with van der Waals surface area (Å²) in [5.74, 6) is 0.529. The van der Waals surface area contributed by atoms with Gasteiger partial charge in [-0.2, -0.15) is 4.98 Å². The van der Waals surface area contributed by atoms with E-state index in [2.05, 4.69) is 9.97 Å². The van der Waals surface area contributed by atoms with Gasteiger partial charge in [-0.15, -0.1) is 0 Å². The monoisotopic (exact) mass is 225 g/mol. The second-order valence-corrected chi connectivity index (χ2v) is 4.30. The van der Waals surface area contributed by atoms with E-state index >= 15 is 0 Å². The summed E-state index contributed by atoms with van der Waals surface area (Å²) < 4.78 is 10.7. The van der Waals surface area contributed by atoms with Crippen LogP contribution in [0.4, 0.5) is 0 Å². The summed E-state index contributed by atoms with van der Waals surface area (Å²) in [6.45, 7) is 6.80. The highest BCUT2D eigenvalue weighted by Crippen LogP contribution is 2.11. The fourth-order valence-electron chi connectivity index (χ4n) is 0.932. The molecule has 0 aromatic carbocycles. The molecule has 0 radical (unpaired) electrons. The van der Waals surface area contributed by atoms with Gasteiger partial charge in [0.2, 0.25) is 5.88 Å². The Kier molecular flexibility index (Phi) is 4.49. The Morgan fingerprint density at radius 3 is 2.75 bits per heavy atom. The normalized spacial score (nSPS) is 11.2. The van der Waals surface area contributed by atoms with E-state index in [9.17, 15) is 0 Å². The Bertz CT molecular complexity index is 323. The molecule has 90 valence electrons. The molecule has 0 aliphatic carbocycles. The highest BCUT2D eigenvalue weighted by Gasteiger charge is 2.12. The molecule has 0 saturated carbocycles. The van der Waals surface area contributed by atoms with Crippen molar-refractivity contribution >= 4 is 0 Å². The molecule has 5 heteroatoms. The van der Waals surface area contributed by atoms with E-state index in [4.69, 9.17) is 15.2 Å². The first-order valence-corrected chi connectivity index (χ1v) is 5.39. The van der Waals surface area contributed by atoms with E-state index in [1.54, 1.807) is 12.3 Å². The lowest BCUT2D eigenvalue weighted by Crippen LogP contribution is -2.38. The molecule has 16 heavy (non-hydrogen) atoms. The van der Waals surface area contributed by atoms with Crippen molar-refractivity contribution in [1.29, 1.82) is 0 Å². The van der Waals surface area contributed by atoms with Gasteiger partial charge in [0.05, 0.1) is 6.61 Å². The number of hydrogen-bond donors (Lipinski definition) is 1. The Balaban J connectivity index is 2.53. The van der Waals surface area contributed by atoms with Gasteiger partial charge in [0.1, 0.15) is 6.61 Å². The van der Waals surface area contributed by atoms with E-state index in [1.165, 1.54) is 0 Å². The van der Waals surface area contributed by atoms with Gasteiger partial charge in [0.25, 0.3) is 0 Å². The second-order valence-electron chi connectivity index (χ2n) is 4.30. The Labute approximate surface area is 96.0 Å². The molecule has 0 aliphatic rings. The smallest absolute Gasteiger partial charge is 0.319 e. The molecular formula is C11H19N3O2. The number of nitrogens with zero attached hydrogens (tertiary/aromatic N) is 2. The molecule has 1 aromatic rings. The van der Waals surface area contributed by atoms with E-state index in [1.807, 2.05) is 20.8 Å². The molecule has 2 N–H and O–H groups in total. The van der Waals surface area contributed by atoms with Crippen molar-refractivity contribution in [1.82, 2.24) is 9.97 Å². The molecular weight excluding hydrogens is 206 g/mol. The first-order chi connectivity index (χ1) is 7.51. The van der Waals surface area contributed by atoms with Crippen molar-refractivity contribution in [2.24, 2.45) is 5.73 Å². The summed E-state index contributed by atoms with van der Waals surface area (Å²) in [7, 11) is 0. The highest BCUT2D eigenvalue weighted by atomic mass is 16.5. The quantitative estimate of drug-likeness (QED) is 0.792. The highest BCUT2D eigenvalue weighted by molar-refractivity contribution is 5.11. The third-order valence-electron chi connectivity index (χ3n) is 1.64. The molecule has 0 atom stereocenters. The molecule has 0 spiro atoms. The minimum atomic E-state index is -0.399. The first kappa shape index (κ1) is 12.7. The molecule has 0 unspecified atom stereocenters. The van der Waals surface area contributed by atoms with Crippen molar-refractivity contribution < 1.29 is 9.47 Å². The zero-order valence-corrected chi connectivity index (χ0v) is 10.1. The van der Waals surface area contributed by atoms with Crippen molar-refractivity contribution in [2.45, 2.75) is 32.7 Å². The Hall–Kier alpha value is -1.36. The minimum absolute atomic E-state index is 0.298. The zero-order valence-electron chi connectivity index (χ0n) is 10.1. The van der Waals surface area contributed by atoms with E-state index in [0.29, 0.717) is 25.1 Å². The number of nitrogens with two attached hydrogens (primary N) is 1. The van der Waals surface area contributed by atoms with Gasteiger partial charge in [-0.25, -0.2) is 4.98 Å². The molecule has 1 aromatic heterocycles. The largest absolute Gasteiger partial charge is 0.478 e. The van der Waals surface area contributed by atoms with Crippen LogP contribution in [0.5, 0.6) is 11.9 Å². The summed E-state index contributed by atoms with van der Waals surface area (Å²) in [4.78, 5) is 8.08. The Morgan fingerprint density at radius 2 is 2.12 bits per heavy atom. The van der Waals surface area contributed by atoms with Crippen LogP contribution in [0.15, 0.2) is 12.3 Å². The standard InChI is InChI=1S/C11H19N3O2/c1-4-7-15-9-5-6-13-10(14-9)16-8-11(2,3)12/h5-6H,4,7-8,12H2,1-3H3. The van der Waals surface area contributed by atoms with Crippen LogP contribution < -0.4 is 15.2 Å². The summed E-state index contributed by atoms with van der Waals surface area (Å²) in [6, 6.07) is 2.00. The lowest BCUT2D eigenvalue weighted by Gasteiger charge is -2.17. The number of hydrogen-bond acceptors (Lipinski definition) is 5. The SMILES string of the molecule is CCCOc1ccnc(OCC(C)(C)N)n1. The van der Waals surface area contributed by atoms with E-state index in [-0.39, 0.29) is 0 Å². The Morgan fingerprint density at radius 1 is 1.38 bits per heavy atom. The van der Waals surface area contributed by atoms with Crippen LogP contribution >= 0.6 is 0 Å². The van der Waals surface area contributed by atoms with E-state index < -0.39 is 5.54 Å². The van der Waals surface area contributed by atoms with Crippen LogP contribution in [0.2, 0.25) is 0 Å². The predicted molar refractivity (Wildman–Crippen MR) is 61.6 cm³/mol. The van der Waals surface area contributed by atoms with Crippen molar-refractivity contribution in [3.63, 3.8) is 0 Å². The second kappa shape index (κ2) is 5.65. The molecule has 5 nitrogen and oxygen atoms in total. The molecule has 0 bridgehead atoms. The molecule has 0 fully saturated rings. The average Bonchev–Trinajstić information content (AvgIpc) is 2.23. The summed E-state index contributed by atoms with van der Waals surface area (Å²) in [6.07, 6.45) is 2.55. The van der Waals surface area contributed by atoms with Crippen LogP contribution in [0.25, 0.3) is 0 Å². The molecule has 1 heterocycles. The number of aromatic nitrogens is 2. The third-order valence-corrected chi connectivity index (χ3v) is 1.64. The maximum atomic E-state index is 5.79. The molecule has 0 aliphatic heterocycles. The van der Waals surface area contributed by atoms with Gasteiger partial charge in [-0.1, -0.05) is 6.92 Å². The minimum Gasteiger partial charge on any atom is -0.478 e. The van der Waals surface area contributed by atoms with Gasteiger partial charge in [-0.05, 0) is 20.3 Å². The van der Waals surface area contributed by atoms with Crippen molar-refractivity contribution in [3.8, 4) is 11.9 Å². The van der Waals surface area contributed by atoms with Crippen LogP contribution in [0.1, 0.15) is 27.2 Å².